The van der Waals surface area contributed by atoms with Crippen molar-refractivity contribution in [3.8, 4) is 0 Å². The number of anilines is 1. The summed E-state index contributed by atoms with van der Waals surface area (Å²) in [4.78, 5) is 43.6. The molecule has 144 valence electrons. The first-order valence-corrected chi connectivity index (χ1v) is 9.42. The van der Waals surface area contributed by atoms with E-state index < -0.39 is 5.82 Å². The number of rotatable bonds is 4. The van der Waals surface area contributed by atoms with Crippen LogP contribution in [-0.4, -0.2) is 78.4 Å². The summed E-state index contributed by atoms with van der Waals surface area (Å²) in [6.45, 7) is 2.83. The van der Waals surface area contributed by atoms with Gasteiger partial charge in [-0.15, -0.1) is 0 Å². The van der Waals surface area contributed by atoms with Crippen LogP contribution < -0.4 is 4.90 Å². The van der Waals surface area contributed by atoms with Gasteiger partial charge in [-0.1, -0.05) is 12.1 Å². The van der Waals surface area contributed by atoms with Crippen molar-refractivity contribution in [1.82, 2.24) is 14.7 Å². The highest BCUT2D eigenvalue weighted by molar-refractivity contribution is 5.96. The molecular weight excluding hydrogens is 351 g/mol. The van der Waals surface area contributed by atoms with E-state index in [0.29, 0.717) is 39.3 Å². The molecule has 3 fully saturated rings. The molecule has 4 rings (SSSR count). The first-order chi connectivity index (χ1) is 13.0. The molecule has 0 N–H and O–H groups in total. The van der Waals surface area contributed by atoms with Gasteiger partial charge in [0, 0.05) is 45.2 Å². The molecule has 0 radical (unpaired) electrons. The van der Waals surface area contributed by atoms with E-state index >= 15 is 0 Å². The van der Waals surface area contributed by atoms with Crippen LogP contribution in [0.15, 0.2) is 24.3 Å². The van der Waals surface area contributed by atoms with Crippen LogP contribution in [0.25, 0.3) is 0 Å². The summed E-state index contributed by atoms with van der Waals surface area (Å²) in [6.07, 6.45) is 1.96. The quantitative estimate of drug-likeness (QED) is 0.794. The highest BCUT2D eigenvalue weighted by Crippen LogP contribution is 2.31. The third-order valence-corrected chi connectivity index (χ3v) is 5.43. The van der Waals surface area contributed by atoms with Crippen LogP contribution in [0.1, 0.15) is 12.8 Å². The fourth-order valence-electron chi connectivity index (χ4n) is 3.65. The van der Waals surface area contributed by atoms with Crippen LogP contribution in [0.2, 0.25) is 0 Å². The van der Waals surface area contributed by atoms with Crippen LogP contribution >= 0.6 is 0 Å². The lowest BCUT2D eigenvalue weighted by atomic mass is 10.2. The zero-order chi connectivity index (χ0) is 19.0. The number of para-hydroxylation sites is 1. The Morgan fingerprint density at radius 3 is 2.30 bits per heavy atom. The minimum absolute atomic E-state index is 0.0135. The van der Waals surface area contributed by atoms with Crippen molar-refractivity contribution in [3.05, 3.63) is 30.1 Å². The molecule has 0 aromatic heterocycles. The lowest BCUT2D eigenvalue weighted by molar-refractivity contribution is -0.140. The summed E-state index contributed by atoms with van der Waals surface area (Å²) in [6, 6.07) is 5.79. The molecule has 0 bridgehead atoms. The molecule has 1 aromatic rings. The van der Waals surface area contributed by atoms with Gasteiger partial charge in [0.1, 0.15) is 12.4 Å². The van der Waals surface area contributed by atoms with Gasteiger partial charge >= 0.3 is 6.03 Å². The van der Waals surface area contributed by atoms with E-state index in [0.717, 1.165) is 12.8 Å². The van der Waals surface area contributed by atoms with Crippen molar-refractivity contribution in [2.45, 2.75) is 12.8 Å². The number of amides is 4. The van der Waals surface area contributed by atoms with Crippen LogP contribution in [0.4, 0.5) is 14.9 Å². The van der Waals surface area contributed by atoms with E-state index in [2.05, 4.69) is 0 Å². The van der Waals surface area contributed by atoms with Gasteiger partial charge in [-0.2, -0.15) is 0 Å². The molecule has 4 amide bonds. The smallest absolute Gasteiger partial charge is 0.325 e. The molecule has 2 heterocycles. The predicted octanol–water partition coefficient (Wildman–Crippen LogP) is 1.15. The molecule has 2 saturated heterocycles. The van der Waals surface area contributed by atoms with Crippen molar-refractivity contribution in [2.75, 3.05) is 50.7 Å². The highest BCUT2D eigenvalue weighted by atomic mass is 19.1. The van der Waals surface area contributed by atoms with Gasteiger partial charge in [-0.25, -0.2) is 9.18 Å². The Morgan fingerprint density at radius 2 is 1.63 bits per heavy atom. The summed E-state index contributed by atoms with van der Waals surface area (Å²) < 4.78 is 13.9. The molecule has 3 aliphatic rings. The van der Waals surface area contributed by atoms with Crippen LogP contribution in [0.5, 0.6) is 0 Å². The number of urea groups is 1. The maximum atomic E-state index is 13.9. The summed E-state index contributed by atoms with van der Waals surface area (Å²) in [5.74, 6) is -0.177. The van der Waals surface area contributed by atoms with Gasteiger partial charge in [0.05, 0.1) is 5.69 Å². The van der Waals surface area contributed by atoms with E-state index in [1.165, 1.54) is 15.9 Å². The molecule has 0 spiro atoms. The Bertz CT molecular complexity index is 759. The van der Waals surface area contributed by atoms with Crippen molar-refractivity contribution in [2.24, 2.45) is 5.92 Å². The van der Waals surface area contributed by atoms with Crippen molar-refractivity contribution >= 4 is 23.5 Å². The molecule has 7 nitrogen and oxygen atoms in total. The number of hydrogen-bond acceptors (Lipinski definition) is 3. The molecular formula is C19H23FN4O3. The zero-order valence-corrected chi connectivity index (χ0v) is 15.1. The minimum atomic E-state index is -0.449. The van der Waals surface area contributed by atoms with E-state index in [1.807, 2.05) is 4.90 Å². The maximum Gasteiger partial charge on any atom is 0.325 e. The summed E-state index contributed by atoms with van der Waals surface area (Å²) >= 11 is 0. The second-order valence-electron chi connectivity index (χ2n) is 7.29. The van der Waals surface area contributed by atoms with Gasteiger partial charge in [-0.05, 0) is 25.0 Å². The van der Waals surface area contributed by atoms with Gasteiger partial charge in [0.2, 0.25) is 11.8 Å². The maximum absolute atomic E-state index is 13.9. The lowest BCUT2D eigenvalue weighted by Gasteiger charge is -2.35. The van der Waals surface area contributed by atoms with E-state index in [1.54, 1.807) is 23.1 Å². The fraction of sp³-hybridized carbons (Fsp3) is 0.526. The number of piperazine rings is 1. The number of hydrogen-bond donors (Lipinski definition) is 0. The Morgan fingerprint density at radius 1 is 0.963 bits per heavy atom. The van der Waals surface area contributed by atoms with E-state index in [4.69, 9.17) is 0 Å². The van der Waals surface area contributed by atoms with Gasteiger partial charge in [0.25, 0.3) is 0 Å². The molecule has 0 atom stereocenters. The number of carbonyl (C=O) groups excluding carboxylic acids is 3. The Labute approximate surface area is 157 Å². The molecule has 8 heteroatoms. The standard InChI is InChI=1S/C19H23FN4O3/c20-15-3-1-2-4-16(15)24-12-11-23(19(24)27)13-17(25)21-7-9-22(10-8-21)18(26)14-5-6-14/h1-4,14H,5-13H2. The fourth-order valence-corrected chi connectivity index (χ4v) is 3.65. The SMILES string of the molecule is O=C(CN1CCN(c2ccccc2F)C1=O)N1CCN(C(=O)C2CC2)CC1. The second-order valence-corrected chi connectivity index (χ2v) is 7.29. The largest absolute Gasteiger partial charge is 0.339 e. The average Bonchev–Trinajstić information content (AvgIpc) is 3.47. The van der Waals surface area contributed by atoms with Gasteiger partial charge in [0.15, 0.2) is 0 Å². The van der Waals surface area contributed by atoms with E-state index in [-0.39, 0.29) is 36.0 Å². The number of halogens is 1. The van der Waals surface area contributed by atoms with Crippen molar-refractivity contribution < 1.29 is 18.8 Å². The van der Waals surface area contributed by atoms with Crippen LogP contribution in [0.3, 0.4) is 0 Å². The molecule has 1 saturated carbocycles. The number of nitrogens with zero attached hydrogens (tertiary/aromatic N) is 4. The summed E-state index contributed by atoms with van der Waals surface area (Å²) in [5, 5.41) is 0. The number of carbonyl (C=O) groups is 3. The van der Waals surface area contributed by atoms with Crippen LogP contribution in [-0.2, 0) is 9.59 Å². The van der Waals surface area contributed by atoms with Crippen molar-refractivity contribution in [3.63, 3.8) is 0 Å². The van der Waals surface area contributed by atoms with E-state index in [9.17, 15) is 18.8 Å². The Kier molecular flexibility index (Phi) is 4.72. The first kappa shape index (κ1) is 17.8. The summed E-state index contributed by atoms with van der Waals surface area (Å²) in [5.41, 5.74) is 0.240. The lowest BCUT2D eigenvalue weighted by Crippen LogP contribution is -2.53. The summed E-state index contributed by atoms with van der Waals surface area (Å²) in [7, 11) is 0. The monoisotopic (exact) mass is 374 g/mol. The Hall–Kier alpha value is -2.64. The highest BCUT2D eigenvalue weighted by Gasteiger charge is 2.36. The topological polar surface area (TPSA) is 64.2 Å². The predicted molar refractivity (Wildman–Crippen MR) is 96.6 cm³/mol. The molecule has 1 aromatic carbocycles. The third-order valence-electron chi connectivity index (χ3n) is 5.43. The minimum Gasteiger partial charge on any atom is -0.339 e. The zero-order valence-electron chi connectivity index (χ0n) is 15.1. The Balaban J connectivity index is 1.31. The molecule has 27 heavy (non-hydrogen) atoms. The third kappa shape index (κ3) is 3.61. The van der Waals surface area contributed by atoms with Gasteiger partial charge in [-0.3, -0.25) is 14.5 Å². The first-order valence-electron chi connectivity index (χ1n) is 9.42. The van der Waals surface area contributed by atoms with Crippen LogP contribution in [0, 0.1) is 11.7 Å². The molecule has 0 unspecified atom stereocenters. The van der Waals surface area contributed by atoms with Crippen molar-refractivity contribution in [1.29, 1.82) is 0 Å². The second kappa shape index (κ2) is 7.17. The average molecular weight is 374 g/mol. The molecule has 2 aliphatic heterocycles. The number of benzene rings is 1. The van der Waals surface area contributed by atoms with Gasteiger partial charge < -0.3 is 14.7 Å². The molecule has 1 aliphatic carbocycles. The normalized spacial score (nSPS) is 20.4.